The van der Waals surface area contributed by atoms with Crippen molar-refractivity contribution in [2.75, 3.05) is 13.2 Å². The predicted molar refractivity (Wildman–Crippen MR) is 81.2 cm³/mol. The number of hydrogen-bond donors (Lipinski definition) is 0. The van der Waals surface area contributed by atoms with E-state index in [0.717, 1.165) is 5.56 Å². The molecule has 0 radical (unpaired) electrons. The van der Waals surface area contributed by atoms with Gasteiger partial charge in [-0.05, 0) is 33.3 Å². The molecule has 0 heterocycles. The van der Waals surface area contributed by atoms with Crippen LogP contribution in [-0.4, -0.2) is 30.9 Å². The van der Waals surface area contributed by atoms with Gasteiger partial charge in [0.15, 0.2) is 5.78 Å². The summed E-state index contributed by atoms with van der Waals surface area (Å²) in [5, 5.41) is 0. The van der Waals surface area contributed by atoms with Crippen LogP contribution in [0.4, 0.5) is 0 Å². The molecule has 0 aliphatic rings. The van der Waals surface area contributed by atoms with Crippen LogP contribution in [0, 0.1) is 5.92 Å². The van der Waals surface area contributed by atoms with Gasteiger partial charge in [0.1, 0.15) is 0 Å². The van der Waals surface area contributed by atoms with Gasteiger partial charge in [-0.15, -0.1) is 0 Å². The van der Waals surface area contributed by atoms with E-state index in [0.29, 0.717) is 0 Å². The highest BCUT2D eigenvalue weighted by atomic mass is 16.6. The van der Waals surface area contributed by atoms with Crippen molar-refractivity contribution in [3.63, 3.8) is 0 Å². The Hall–Kier alpha value is -2.17. The lowest BCUT2D eigenvalue weighted by atomic mass is 9.75. The molecule has 120 valence electrons. The molecule has 0 atom stereocenters. The smallest absolute Gasteiger partial charge is 0.328 e. The van der Waals surface area contributed by atoms with Crippen LogP contribution in [-0.2, 0) is 29.3 Å². The van der Waals surface area contributed by atoms with Crippen molar-refractivity contribution in [3.8, 4) is 0 Å². The van der Waals surface area contributed by atoms with Gasteiger partial charge in [0.25, 0.3) is 0 Å². The maximum Gasteiger partial charge on any atom is 0.328 e. The molecule has 0 N–H and O–H groups in total. The minimum atomic E-state index is -1.56. The summed E-state index contributed by atoms with van der Waals surface area (Å²) < 4.78 is 9.73. The topological polar surface area (TPSA) is 69.7 Å². The van der Waals surface area contributed by atoms with Crippen LogP contribution in [0.5, 0.6) is 0 Å². The first-order valence-electron chi connectivity index (χ1n) is 7.29. The van der Waals surface area contributed by atoms with Crippen molar-refractivity contribution in [1.82, 2.24) is 0 Å². The highest BCUT2D eigenvalue weighted by molar-refractivity contribution is 6.17. The zero-order valence-electron chi connectivity index (χ0n) is 13.4. The van der Waals surface area contributed by atoms with Crippen molar-refractivity contribution in [3.05, 3.63) is 35.9 Å². The van der Waals surface area contributed by atoms with Gasteiger partial charge in [-0.1, -0.05) is 30.3 Å². The molecule has 1 aromatic carbocycles. The van der Waals surface area contributed by atoms with Crippen molar-refractivity contribution in [2.24, 2.45) is 5.92 Å². The molecule has 0 saturated carbocycles. The Morgan fingerprint density at radius 3 is 1.82 bits per heavy atom. The first-order valence-corrected chi connectivity index (χ1v) is 7.29. The molecule has 0 bridgehead atoms. The van der Waals surface area contributed by atoms with E-state index < -0.39 is 29.1 Å². The summed E-state index contributed by atoms with van der Waals surface area (Å²) in [6, 6.07) is 9.00. The predicted octanol–water partition coefficient (Wildman–Crippen LogP) is 2.28. The summed E-state index contributed by atoms with van der Waals surface area (Å²) in [7, 11) is 0. The highest BCUT2D eigenvalue weighted by Crippen LogP contribution is 2.28. The van der Waals surface area contributed by atoms with Gasteiger partial charge in [-0.25, -0.2) is 0 Å². The molecule has 5 heteroatoms. The van der Waals surface area contributed by atoms with Crippen LogP contribution in [0.1, 0.15) is 33.3 Å². The minimum Gasteiger partial charge on any atom is -0.465 e. The van der Waals surface area contributed by atoms with Crippen LogP contribution in [0.25, 0.3) is 0 Å². The molecular formula is C17H22O5. The van der Waals surface area contributed by atoms with E-state index in [2.05, 4.69) is 0 Å². The average molecular weight is 306 g/mol. The fourth-order valence-corrected chi connectivity index (χ4v) is 2.12. The zero-order valence-corrected chi connectivity index (χ0v) is 13.4. The summed E-state index contributed by atoms with van der Waals surface area (Å²) in [4.78, 5) is 36.9. The third-order valence-corrected chi connectivity index (χ3v) is 3.42. The molecular weight excluding hydrogens is 284 g/mol. The highest BCUT2D eigenvalue weighted by Gasteiger charge is 2.44. The molecule has 0 spiro atoms. The van der Waals surface area contributed by atoms with Crippen molar-refractivity contribution >= 4 is 17.7 Å². The number of carbonyl (C=O) groups is 3. The van der Waals surface area contributed by atoms with Gasteiger partial charge < -0.3 is 9.47 Å². The molecule has 0 saturated heterocycles. The van der Waals surface area contributed by atoms with Crippen LogP contribution < -0.4 is 0 Å². The summed E-state index contributed by atoms with van der Waals surface area (Å²) in [6.07, 6.45) is 0. The van der Waals surface area contributed by atoms with Crippen LogP contribution in [0.15, 0.2) is 30.3 Å². The van der Waals surface area contributed by atoms with E-state index in [1.54, 1.807) is 52.0 Å². The van der Waals surface area contributed by atoms with E-state index in [9.17, 15) is 14.4 Å². The zero-order chi connectivity index (χ0) is 16.8. The average Bonchev–Trinajstić information content (AvgIpc) is 2.48. The fraction of sp³-hybridized carbons (Fsp3) is 0.471. The third-order valence-electron chi connectivity index (χ3n) is 3.42. The standard InChI is InChI=1S/C17H22O5/c1-5-21-15(19)13(16(20)22-6-2)14(18)17(3,4)12-10-8-7-9-11-12/h7-11,13H,5-6H2,1-4H3. The number of esters is 2. The maximum absolute atomic E-state index is 12.8. The summed E-state index contributed by atoms with van der Waals surface area (Å²) >= 11 is 0. The molecule has 0 aromatic heterocycles. The summed E-state index contributed by atoms with van der Waals surface area (Å²) in [5.41, 5.74) is -0.288. The Labute approximate surface area is 130 Å². The quantitative estimate of drug-likeness (QED) is 0.571. The SMILES string of the molecule is CCOC(=O)C(C(=O)OCC)C(=O)C(C)(C)c1ccccc1. The second-order valence-electron chi connectivity index (χ2n) is 5.29. The number of benzene rings is 1. The van der Waals surface area contributed by atoms with E-state index in [1.807, 2.05) is 6.07 Å². The Morgan fingerprint density at radius 1 is 0.955 bits per heavy atom. The van der Waals surface area contributed by atoms with Gasteiger partial charge >= 0.3 is 11.9 Å². The molecule has 0 amide bonds. The van der Waals surface area contributed by atoms with Crippen LogP contribution >= 0.6 is 0 Å². The van der Waals surface area contributed by atoms with Gasteiger partial charge in [0.05, 0.1) is 13.2 Å². The van der Waals surface area contributed by atoms with Gasteiger partial charge in [-0.2, -0.15) is 0 Å². The number of carbonyl (C=O) groups excluding carboxylic acids is 3. The summed E-state index contributed by atoms with van der Waals surface area (Å²) in [5.74, 6) is -3.82. The monoisotopic (exact) mass is 306 g/mol. The number of rotatable bonds is 7. The van der Waals surface area contributed by atoms with Crippen LogP contribution in [0.2, 0.25) is 0 Å². The molecule has 5 nitrogen and oxygen atoms in total. The van der Waals surface area contributed by atoms with E-state index >= 15 is 0 Å². The van der Waals surface area contributed by atoms with Gasteiger partial charge in [0.2, 0.25) is 5.92 Å². The third kappa shape index (κ3) is 3.93. The van der Waals surface area contributed by atoms with E-state index in [1.165, 1.54) is 0 Å². The fourth-order valence-electron chi connectivity index (χ4n) is 2.12. The van der Waals surface area contributed by atoms with Crippen molar-refractivity contribution in [1.29, 1.82) is 0 Å². The van der Waals surface area contributed by atoms with Gasteiger partial charge in [0, 0.05) is 5.41 Å². The molecule has 0 aliphatic carbocycles. The van der Waals surface area contributed by atoms with E-state index in [4.69, 9.17) is 9.47 Å². The number of ether oxygens (including phenoxy) is 2. The van der Waals surface area contributed by atoms with E-state index in [-0.39, 0.29) is 13.2 Å². The second kappa shape index (κ2) is 7.73. The molecule has 1 rings (SSSR count). The molecule has 0 aliphatic heterocycles. The first-order chi connectivity index (χ1) is 10.4. The van der Waals surface area contributed by atoms with Gasteiger partial charge in [-0.3, -0.25) is 14.4 Å². The van der Waals surface area contributed by atoms with Crippen LogP contribution in [0.3, 0.4) is 0 Å². The van der Waals surface area contributed by atoms with Crippen molar-refractivity contribution in [2.45, 2.75) is 33.1 Å². The lowest BCUT2D eigenvalue weighted by Crippen LogP contribution is -2.44. The minimum absolute atomic E-state index is 0.0911. The largest absolute Gasteiger partial charge is 0.465 e. The number of hydrogen-bond acceptors (Lipinski definition) is 5. The van der Waals surface area contributed by atoms with Crippen molar-refractivity contribution < 1.29 is 23.9 Å². The Morgan fingerprint density at radius 2 is 1.41 bits per heavy atom. The Kier molecular flexibility index (Phi) is 6.28. The molecule has 22 heavy (non-hydrogen) atoms. The Bertz CT molecular complexity index is 515. The normalized spacial score (nSPS) is 11.1. The maximum atomic E-state index is 12.8. The number of Topliss-reactive ketones (excluding diaryl/α,β-unsaturated/α-hetero) is 1. The Balaban J connectivity index is 3.15. The first kappa shape index (κ1) is 17.9. The lowest BCUT2D eigenvalue weighted by Gasteiger charge is -2.27. The second-order valence-corrected chi connectivity index (χ2v) is 5.29. The molecule has 0 fully saturated rings. The molecule has 1 aromatic rings. The summed E-state index contributed by atoms with van der Waals surface area (Å²) in [6.45, 7) is 6.77. The number of ketones is 1. The lowest BCUT2D eigenvalue weighted by molar-refractivity contribution is -0.165. The molecule has 0 unspecified atom stereocenters.